The van der Waals surface area contributed by atoms with Crippen LogP contribution in [0.4, 0.5) is 4.39 Å². The van der Waals surface area contributed by atoms with Crippen molar-refractivity contribution in [2.75, 3.05) is 26.3 Å². The van der Waals surface area contributed by atoms with Crippen LogP contribution in [0.2, 0.25) is 0 Å². The Hall–Kier alpha value is -3.17. The zero-order chi connectivity index (χ0) is 23.2. The van der Waals surface area contributed by atoms with Gasteiger partial charge in [-0.25, -0.2) is 4.39 Å². The lowest BCUT2D eigenvalue weighted by Crippen LogP contribution is -2.51. The number of ether oxygens (including phenoxy) is 2. The fourth-order valence-electron chi connectivity index (χ4n) is 4.69. The van der Waals surface area contributed by atoms with Crippen LogP contribution in [0.25, 0.3) is 0 Å². The number of benzene rings is 2. The second kappa shape index (κ2) is 10.6. The van der Waals surface area contributed by atoms with E-state index in [1.165, 1.54) is 24.3 Å². The highest BCUT2D eigenvalue weighted by Crippen LogP contribution is 2.34. The number of amides is 1. The number of morpholine rings is 1. The summed E-state index contributed by atoms with van der Waals surface area (Å²) in [4.78, 5) is 28.4. The first-order valence-electron chi connectivity index (χ1n) is 11.4. The Morgan fingerprint density at radius 3 is 2.64 bits per heavy atom. The van der Waals surface area contributed by atoms with E-state index < -0.39 is 0 Å². The van der Waals surface area contributed by atoms with E-state index >= 15 is 0 Å². The highest BCUT2D eigenvalue weighted by atomic mass is 19.1. The van der Waals surface area contributed by atoms with E-state index in [1.807, 2.05) is 18.2 Å². The molecule has 1 aliphatic carbocycles. The van der Waals surface area contributed by atoms with Crippen molar-refractivity contribution < 1.29 is 23.5 Å². The van der Waals surface area contributed by atoms with E-state index in [9.17, 15) is 14.0 Å². The molecule has 1 amide bonds. The minimum Gasteiger partial charge on any atom is -0.491 e. The minimum atomic E-state index is -0.379. The third-order valence-corrected chi connectivity index (χ3v) is 6.44. The number of hydrogen-bond donors (Lipinski definition) is 0. The molecule has 0 aromatic heterocycles. The van der Waals surface area contributed by atoms with E-state index in [0.29, 0.717) is 50.5 Å². The lowest BCUT2D eigenvalue weighted by atomic mass is 9.74. The summed E-state index contributed by atoms with van der Waals surface area (Å²) in [5.74, 6) is 2.05. The van der Waals surface area contributed by atoms with E-state index in [-0.39, 0.29) is 35.4 Å². The molecule has 1 aliphatic heterocycles. The maximum atomic E-state index is 13.5. The van der Waals surface area contributed by atoms with Gasteiger partial charge in [0.2, 0.25) is 5.91 Å². The van der Waals surface area contributed by atoms with Gasteiger partial charge in [0.05, 0.1) is 13.2 Å². The zero-order valence-electron chi connectivity index (χ0n) is 18.5. The molecule has 1 saturated heterocycles. The van der Waals surface area contributed by atoms with Crippen LogP contribution >= 0.6 is 0 Å². The number of nitrogens with zero attached hydrogens (tertiary/aromatic N) is 1. The molecule has 33 heavy (non-hydrogen) atoms. The summed E-state index contributed by atoms with van der Waals surface area (Å²) in [5.41, 5.74) is 1.20. The van der Waals surface area contributed by atoms with Crippen molar-refractivity contribution in [3.63, 3.8) is 0 Å². The van der Waals surface area contributed by atoms with Crippen LogP contribution in [0.3, 0.4) is 0 Å². The maximum Gasteiger partial charge on any atom is 0.226 e. The van der Waals surface area contributed by atoms with Crippen LogP contribution in [0, 0.1) is 30.0 Å². The van der Waals surface area contributed by atoms with Crippen LogP contribution in [0.15, 0.2) is 48.5 Å². The molecule has 0 N–H and O–H groups in total. The number of halogens is 1. The molecule has 2 aromatic rings. The van der Waals surface area contributed by atoms with Crippen molar-refractivity contribution in [1.29, 1.82) is 0 Å². The molecule has 4 rings (SSSR count). The summed E-state index contributed by atoms with van der Waals surface area (Å²) in [6, 6.07) is 12.9. The van der Waals surface area contributed by atoms with Gasteiger partial charge in [-0.3, -0.25) is 9.59 Å². The fourth-order valence-corrected chi connectivity index (χ4v) is 4.69. The van der Waals surface area contributed by atoms with Gasteiger partial charge in [0.25, 0.3) is 0 Å². The zero-order valence-corrected chi connectivity index (χ0v) is 18.5. The van der Waals surface area contributed by atoms with Gasteiger partial charge in [0.15, 0.2) is 5.78 Å². The molecule has 1 heterocycles. The normalized spacial score (nSPS) is 22.9. The van der Waals surface area contributed by atoms with Crippen LogP contribution in [0.5, 0.6) is 5.75 Å². The Morgan fingerprint density at radius 1 is 1.12 bits per heavy atom. The average Bonchev–Trinajstić information content (AvgIpc) is 2.87. The average molecular weight is 450 g/mol. The van der Waals surface area contributed by atoms with Gasteiger partial charge in [-0.1, -0.05) is 24.8 Å². The first-order valence-corrected chi connectivity index (χ1v) is 11.4. The Morgan fingerprint density at radius 2 is 1.88 bits per heavy atom. The first-order chi connectivity index (χ1) is 16.0. The van der Waals surface area contributed by atoms with Crippen molar-refractivity contribution in [2.24, 2.45) is 11.8 Å². The molecule has 0 bridgehead atoms. The molecule has 2 aromatic carbocycles. The lowest BCUT2D eigenvalue weighted by molar-refractivity contribution is -0.146. The molecule has 0 radical (unpaired) electrons. The summed E-state index contributed by atoms with van der Waals surface area (Å²) < 4.78 is 24.9. The highest BCUT2D eigenvalue weighted by molar-refractivity contribution is 6.00. The predicted molar refractivity (Wildman–Crippen MR) is 122 cm³/mol. The number of Topliss-reactive ketones (excluding diaryl/α,β-unsaturated/α-hetero) is 1. The molecule has 172 valence electrons. The van der Waals surface area contributed by atoms with Gasteiger partial charge >= 0.3 is 0 Å². The SMILES string of the molecule is C#Cc1cccc(OCC2CN(C(=O)C3CCCCC3C(=O)c3ccc(F)cc3)CCO2)c1. The number of rotatable bonds is 6. The second-order valence-corrected chi connectivity index (χ2v) is 8.63. The third kappa shape index (κ3) is 5.61. The quantitative estimate of drug-likeness (QED) is 0.492. The molecule has 1 saturated carbocycles. The molecule has 0 spiro atoms. The van der Waals surface area contributed by atoms with Crippen molar-refractivity contribution in [1.82, 2.24) is 4.90 Å². The fraction of sp³-hybridized carbons (Fsp3) is 0.407. The summed E-state index contributed by atoms with van der Waals surface area (Å²) in [7, 11) is 0. The number of ketones is 1. The molecule has 2 fully saturated rings. The van der Waals surface area contributed by atoms with Crippen LogP contribution in [0.1, 0.15) is 41.6 Å². The Balaban J connectivity index is 1.39. The van der Waals surface area contributed by atoms with Crippen LogP contribution in [-0.2, 0) is 9.53 Å². The van der Waals surface area contributed by atoms with Crippen molar-refractivity contribution in [2.45, 2.75) is 31.8 Å². The van der Waals surface area contributed by atoms with Crippen LogP contribution in [-0.4, -0.2) is 49.0 Å². The van der Waals surface area contributed by atoms with Gasteiger partial charge in [0.1, 0.15) is 24.3 Å². The standard InChI is InChI=1S/C27H28FNO4/c1-2-19-6-5-7-22(16-19)33-18-23-17-29(14-15-32-23)27(31)25-9-4-3-8-24(25)26(30)20-10-12-21(28)13-11-20/h1,5-7,10-13,16,23-25H,3-4,8-9,14-15,17-18H2. The number of carbonyl (C=O) groups is 2. The number of hydrogen-bond acceptors (Lipinski definition) is 4. The van der Waals surface area contributed by atoms with Gasteiger partial charge in [-0.2, -0.15) is 0 Å². The highest BCUT2D eigenvalue weighted by Gasteiger charge is 2.39. The van der Waals surface area contributed by atoms with Crippen molar-refractivity contribution in [3.8, 4) is 18.1 Å². The number of terminal acetylenes is 1. The Kier molecular flexibility index (Phi) is 7.41. The third-order valence-electron chi connectivity index (χ3n) is 6.44. The monoisotopic (exact) mass is 449 g/mol. The van der Waals surface area contributed by atoms with E-state index in [0.717, 1.165) is 18.4 Å². The van der Waals surface area contributed by atoms with Gasteiger partial charge in [-0.15, -0.1) is 6.42 Å². The minimum absolute atomic E-state index is 0.00205. The van der Waals surface area contributed by atoms with Crippen molar-refractivity contribution >= 4 is 11.7 Å². The molecule has 3 unspecified atom stereocenters. The largest absolute Gasteiger partial charge is 0.491 e. The molecule has 6 heteroatoms. The summed E-state index contributed by atoms with van der Waals surface area (Å²) >= 11 is 0. The van der Waals surface area contributed by atoms with Crippen molar-refractivity contribution in [3.05, 3.63) is 65.5 Å². The molecular formula is C27H28FNO4. The maximum absolute atomic E-state index is 13.5. The number of carbonyl (C=O) groups excluding carboxylic acids is 2. The smallest absolute Gasteiger partial charge is 0.226 e. The van der Waals surface area contributed by atoms with E-state index in [4.69, 9.17) is 15.9 Å². The van der Waals surface area contributed by atoms with Gasteiger partial charge < -0.3 is 14.4 Å². The summed E-state index contributed by atoms with van der Waals surface area (Å²) in [6.45, 7) is 1.64. The predicted octanol–water partition coefficient (Wildman–Crippen LogP) is 4.10. The van der Waals surface area contributed by atoms with Gasteiger partial charge in [-0.05, 0) is 55.3 Å². The van der Waals surface area contributed by atoms with Crippen LogP contribution < -0.4 is 4.74 Å². The lowest BCUT2D eigenvalue weighted by Gasteiger charge is -2.38. The summed E-state index contributed by atoms with van der Waals surface area (Å²) in [5, 5.41) is 0. The Labute approximate surface area is 193 Å². The summed E-state index contributed by atoms with van der Waals surface area (Å²) in [6.07, 6.45) is 8.38. The van der Waals surface area contributed by atoms with E-state index in [2.05, 4.69) is 5.92 Å². The molecule has 5 nitrogen and oxygen atoms in total. The molecule has 2 aliphatic rings. The topological polar surface area (TPSA) is 55.8 Å². The van der Waals surface area contributed by atoms with Gasteiger partial charge in [0, 0.05) is 29.5 Å². The first kappa shape index (κ1) is 23.0. The Bertz CT molecular complexity index is 1030. The van der Waals surface area contributed by atoms with E-state index in [1.54, 1.807) is 11.0 Å². The molecular weight excluding hydrogens is 421 g/mol. The molecule has 3 atom stereocenters. The second-order valence-electron chi connectivity index (χ2n) is 8.63.